The number of alkyl halides is 3. The van der Waals surface area contributed by atoms with E-state index in [1.54, 1.807) is 152 Å². The fraction of sp³-hybridized carbons (Fsp3) is 0.0244. The van der Waals surface area contributed by atoms with Crippen LogP contribution in [0.25, 0.3) is 33.5 Å². The number of amides is 1. The van der Waals surface area contributed by atoms with Crippen molar-refractivity contribution in [3.63, 3.8) is 0 Å². The van der Waals surface area contributed by atoms with E-state index in [2.05, 4.69) is 51.1 Å². The lowest BCUT2D eigenvalue weighted by Gasteiger charge is -2.25. The standard InChI is InChI=1S/C19H13F4NO.C19H15FN2O2.C17H15N3O2S.C15H12N2O.C12H12N2O2S/c1-13-6-7-14(17-4-2-3-5-18(17)20)12-24(13)15-8-10-16(11-9-15)25-19(21,22)23;1-13(23)21-15-5-4-6-16(11-15)22-12-14(9-10-19(22)24)17-7-2-3-8-18(17)20;1-13-4-5-15(14-3-2-10-19-11-14)12-20(13)16-6-8-17(9-7-16)23(18,21)22;1-12-7-8-13(15-16-9-10-18-15)11-17(12)14-5-3-2-4-6-14;1-10-7-8-11(13-17(15)16)9-14(10)12-5-3-2-4-6-12/h2-12H,1H2;2-12H,1H3,(H,21,23);2-12H,1H2,(H2,18,21,22);2-11H,1H2;2-9,13H,1H2,(H,15,16)/p-1. The number of para-hydroxylation sites is 2. The number of rotatable bonds is 14. The smallest absolute Gasteiger partial charge is 0.573 e. The summed E-state index contributed by atoms with van der Waals surface area (Å²) in [7, 11) is -3.70. The highest BCUT2D eigenvalue weighted by atomic mass is 32.2. The van der Waals surface area contributed by atoms with Crippen LogP contribution in [0, 0.1) is 11.6 Å². The molecule has 1 unspecified atom stereocenters. The van der Waals surface area contributed by atoms with Gasteiger partial charge in [0.05, 0.1) is 28.0 Å². The van der Waals surface area contributed by atoms with Crippen LogP contribution in [0.5, 0.6) is 5.75 Å². The number of hydrogen-bond acceptors (Lipinski definition) is 14. The molecule has 0 fully saturated rings. The third-order valence-electron chi connectivity index (χ3n) is 15.6. The highest BCUT2D eigenvalue weighted by molar-refractivity contribution is 7.89. The summed E-state index contributed by atoms with van der Waals surface area (Å²) in [6.45, 7) is 17.2. The van der Waals surface area contributed by atoms with E-state index in [-0.39, 0.29) is 33.7 Å². The molecular formula is C82H66F5N10O8S2-. The number of allylic oxidation sites excluding steroid dienone is 11. The number of hydrogen-bond donors (Lipinski definition) is 3. The molecule has 4 aliphatic rings. The van der Waals surface area contributed by atoms with Crippen LogP contribution in [0.15, 0.2) is 380 Å². The van der Waals surface area contributed by atoms with Crippen LogP contribution in [0.2, 0.25) is 0 Å². The van der Waals surface area contributed by atoms with E-state index in [9.17, 15) is 48.7 Å². The molecule has 7 aromatic carbocycles. The first-order valence-corrected chi connectivity index (χ1v) is 34.8. The van der Waals surface area contributed by atoms with Crippen molar-refractivity contribution < 1.29 is 53.1 Å². The topological polar surface area (TPSA) is 225 Å². The lowest BCUT2D eigenvalue weighted by atomic mass is 10.0. The average molecular weight is 1480 g/mol. The summed E-state index contributed by atoms with van der Waals surface area (Å²) in [6, 6.07) is 57.8. The van der Waals surface area contributed by atoms with Crippen LogP contribution >= 0.6 is 0 Å². The highest BCUT2D eigenvalue weighted by Gasteiger charge is 2.31. The number of nitrogens with two attached hydrogens (primary N) is 1. The fourth-order valence-electron chi connectivity index (χ4n) is 10.6. The number of carbonyl (C=O) groups is 1. The van der Waals surface area contributed by atoms with Gasteiger partial charge in [-0.05, 0) is 157 Å². The molecule has 1 amide bonds. The molecule has 0 aliphatic carbocycles. The van der Waals surface area contributed by atoms with Crippen molar-refractivity contribution >= 4 is 72.4 Å². The van der Waals surface area contributed by atoms with Crippen LogP contribution < -0.4 is 45.1 Å². The maximum atomic E-state index is 14.0. The van der Waals surface area contributed by atoms with Crippen LogP contribution in [-0.2, 0) is 26.1 Å². The quantitative estimate of drug-likeness (QED) is 0.0680. The molecule has 10 aromatic rings. The maximum Gasteiger partial charge on any atom is 0.573 e. The average Bonchev–Trinajstić information content (AvgIpc) is 0.840. The predicted octanol–water partition coefficient (Wildman–Crippen LogP) is 17.3. The van der Waals surface area contributed by atoms with E-state index in [1.807, 2.05) is 124 Å². The van der Waals surface area contributed by atoms with Gasteiger partial charge in [-0.3, -0.25) is 23.3 Å². The van der Waals surface area contributed by atoms with E-state index in [0.717, 1.165) is 50.9 Å². The number of nitrogens with zero attached hydrogens (tertiary/aromatic N) is 7. The van der Waals surface area contributed by atoms with Crippen LogP contribution in [0.4, 0.5) is 50.4 Å². The number of primary sulfonamides is 1. The van der Waals surface area contributed by atoms with Crippen LogP contribution in [0.3, 0.4) is 0 Å². The second kappa shape index (κ2) is 35.2. The van der Waals surface area contributed by atoms with Crippen molar-refractivity contribution in [3.05, 3.63) is 405 Å². The number of anilines is 5. The summed E-state index contributed by atoms with van der Waals surface area (Å²) >= 11 is -2.32. The highest BCUT2D eigenvalue weighted by Crippen LogP contribution is 2.35. The lowest BCUT2D eigenvalue weighted by Crippen LogP contribution is -2.23. The van der Waals surface area contributed by atoms with E-state index in [0.29, 0.717) is 56.6 Å². The molecule has 4 N–H and O–H groups in total. The molecule has 18 nitrogen and oxygen atoms in total. The Bertz CT molecular complexity index is 5380. The molecule has 25 heteroatoms. The van der Waals surface area contributed by atoms with Crippen molar-refractivity contribution in [1.82, 2.24) is 19.3 Å². The fourth-order valence-corrected chi connectivity index (χ4v) is 11.4. The number of pyridine rings is 2. The minimum Gasteiger partial charge on any atom is -0.755 e. The zero-order valence-electron chi connectivity index (χ0n) is 57.0. The second-order valence-corrected chi connectivity index (χ2v) is 25.3. The minimum absolute atomic E-state index is 0.0795. The Labute approximate surface area is 616 Å². The van der Waals surface area contributed by atoms with Crippen LogP contribution in [0.1, 0.15) is 23.9 Å². The Kier molecular flexibility index (Phi) is 25.1. The van der Waals surface area contributed by atoms with Gasteiger partial charge in [0.1, 0.15) is 23.6 Å². The summed E-state index contributed by atoms with van der Waals surface area (Å²) in [6.07, 6.45) is 25.5. The monoisotopic (exact) mass is 1480 g/mol. The summed E-state index contributed by atoms with van der Waals surface area (Å²) in [5.74, 6) is -0.610. The van der Waals surface area contributed by atoms with E-state index in [1.165, 1.54) is 66.1 Å². The molecule has 107 heavy (non-hydrogen) atoms. The van der Waals surface area contributed by atoms with Gasteiger partial charge in [0.25, 0.3) is 5.56 Å². The first kappa shape index (κ1) is 76.3. The number of nitrogens with one attached hydrogen (secondary N) is 2. The van der Waals surface area contributed by atoms with Gasteiger partial charge in [0, 0.05) is 147 Å². The Hall–Kier alpha value is -13.3. The van der Waals surface area contributed by atoms with Gasteiger partial charge in [-0.15, -0.1) is 13.2 Å². The molecule has 4 aliphatic heterocycles. The van der Waals surface area contributed by atoms with Gasteiger partial charge in [-0.2, -0.15) is 0 Å². The molecular weight excluding hydrogens is 1410 g/mol. The van der Waals surface area contributed by atoms with Gasteiger partial charge in [0.15, 0.2) is 0 Å². The number of oxazole rings is 1. The van der Waals surface area contributed by atoms with Gasteiger partial charge in [0.2, 0.25) is 21.8 Å². The third-order valence-corrected chi connectivity index (χ3v) is 16.9. The Morgan fingerprint density at radius 3 is 1.60 bits per heavy atom. The largest absolute Gasteiger partial charge is 0.755 e. The van der Waals surface area contributed by atoms with Crippen molar-refractivity contribution in [2.75, 3.05) is 24.9 Å². The van der Waals surface area contributed by atoms with E-state index in [4.69, 9.17) is 9.56 Å². The SMILES string of the molecule is C=C1C=CC(NS(=O)[O-])=CN1c1ccccc1.C=C1C=CC(c2ccccc2F)=CN1c1ccc(OC(F)(F)F)cc1.C=C1C=CC(c2cccnc2)=CN1c1ccc(S(N)(=O)=O)cc1.C=C1C=CC(c2ncco2)=CN1c1ccccc1.CC(=O)Nc1cccc(-n2cc(-c3ccccc3F)ccc2=O)c1. The molecule has 7 heterocycles. The lowest BCUT2D eigenvalue weighted by molar-refractivity contribution is -0.274. The number of aromatic nitrogens is 3. The van der Waals surface area contributed by atoms with Crippen LogP contribution in [-0.4, -0.2) is 44.0 Å². The van der Waals surface area contributed by atoms with Gasteiger partial charge >= 0.3 is 6.36 Å². The molecule has 1 atom stereocenters. The molecule has 540 valence electrons. The van der Waals surface area contributed by atoms with Crippen molar-refractivity contribution in [1.29, 1.82) is 0 Å². The van der Waals surface area contributed by atoms with Crippen molar-refractivity contribution in [2.24, 2.45) is 5.14 Å². The first-order valence-electron chi connectivity index (χ1n) is 32.2. The maximum absolute atomic E-state index is 14.0. The van der Waals surface area contributed by atoms with Crippen molar-refractivity contribution in [3.8, 4) is 22.6 Å². The van der Waals surface area contributed by atoms with Gasteiger partial charge < -0.3 is 43.3 Å². The molecule has 3 aromatic heterocycles. The normalized spacial score (nSPS) is 14.0. The third kappa shape index (κ3) is 21.2. The number of ether oxygens (including phenoxy) is 1. The zero-order valence-corrected chi connectivity index (χ0v) is 58.6. The summed E-state index contributed by atoms with van der Waals surface area (Å²) in [5.41, 5.74) is 12.8. The number of benzene rings is 7. The van der Waals surface area contributed by atoms with E-state index < -0.39 is 27.7 Å². The van der Waals surface area contributed by atoms with Gasteiger partial charge in [-0.1, -0.05) is 123 Å². The Morgan fingerprint density at radius 2 is 1.07 bits per heavy atom. The molecule has 0 bridgehead atoms. The molecule has 0 spiro atoms. The Balaban J connectivity index is 0.000000144. The minimum atomic E-state index is -4.74. The Morgan fingerprint density at radius 1 is 0.561 bits per heavy atom. The molecule has 0 saturated heterocycles. The molecule has 0 saturated carbocycles. The first-order chi connectivity index (χ1) is 51.3. The number of sulfonamides is 1. The predicted molar refractivity (Wildman–Crippen MR) is 410 cm³/mol. The summed E-state index contributed by atoms with van der Waals surface area (Å²) in [5, 5.41) is 7.80. The number of carbonyl (C=O) groups excluding carboxylic acids is 1. The van der Waals surface area contributed by atoms with E-state index >= 15 is 0 Å². The summed E-state index contributed by atoms with van der Waals surface area (Å²) in [4.78, 5) is 39.1. The van der Waals surface area contributed by atoms with Crippen molar-refractivity contribution in [2.45, 2.75) is 18.2 Å². The zero-order chi connectivity index (χ0) is 76.2. The van der Waals surface area contributed by atoms with Gasteiger partial charge in [-0.25, -0.2) is 27.3 Å². The second-order valence-electron chi connectivity index (χ2n) is 23.1. The molecule has 0 radical (unpaired) electrons. The number of halogens is 5. The summed E-state index contributed by atoms with van der Waals surface area (Å²) < 4.78 is 121. The molecule has 14 rings (SSSR count).